The van der Waals surface area contributed by atoms with E-state index in [0.717, 1.165) is 12.8 Å². The number of ether oxygens (including phenoxy) is 1. The van der Waals surface area contributed by atoms with Crippen LogP contribution in [0.4, 0.5) is 0 Å². The van der Waals surface area contributed by atoms with Crippen LogP contribution < -0.4 is 0 Å². The second-order valence-electron chi connectivity index (χ2n) is 4.82. The molecule has 0 unspecified atom stereocenters. The summed E-state index contributed by atoms with van der Waals surface area (Å²) >= 11 is 0. The van der Waals surface area contributed by atoms with E-state index < -0.39 is 10.0 Å². The fourth-order valence-electron chi connectivity index (χ4n) is 2.03. The smallest absolute Gasteiger partial charge is 0.243 e. The molecule has 0 spiro atoms. The lowest BCUT2D eigenvalue weighted by Gasteiger charge is -2.21. The summed E-state index contributed by atoms with van der Waals surface area (Å²) in [6.07, 6.45) is 1.81. The van der Waals surface area contributed by atoms with E-state index in [1.807, 2.05) is 0 Å². The van der Waals surface area contributed by atoms with Gasteiger partial charge in [0.15, 0.2) is 0 Å². The van der Waals surface area contributed by atoms with Gasteiger partial charge in [0.2, 0.25) is 10.0 Å². The average Bonchev–Trinajstić information content (AvgIpc) is 3.30. The summed E-state index contributed by atoms with van der Waals surface area (Å²) in [5.41, 5.74) is 0.679. The minimum absolute atomic E-state index is 0.0963. The first kappa shape index (κ1) is 16.0. The predicted octanol–water partition coefficient (Wildman–Crippen LogP) is 0.830. The molecule has 1 aromatic carbocycles. The van der Waals surface area contributed by atoms with Gasteiger partial charge in [-0.25, -0.2) is 8.42 Å². The highest BCUT2D eigenvalue weighted by molar-refractivity contribution is 7.89. The molecule has 2 rings (SSSR count). The molecule has 1 N–H and O–H groups in total. The summed E-state index contributed by atoms with van der Waals surface area (Å²) in [4.78, 5) is 0.264. The Morgan fingerprint density at radius 2 is 2.00 bits per heavy atom. The molecule has 1 aliphatic rings. The number of hydrogen-bond acceptors (Lipinski definition) is 4. The lowest BCUT2D eigenvalue weighted by atomic mass is 10.2. The third-order valence-electron chi connectivity index (χ3n) is 3.24. The molecule has 0 heterocycles. The van der Waals surface area contributed by atoms with Gasteiger partial charge in [0.05, 0.1) is 11.5 Å². The highest BCUT2D eigenvalue weighted by Gasteiger charge is 2.37. The molecule has 114 valence electrons. The minimum atomic E-state index is -3.49. The van der Waals surface area contributed by atoms with Crippen LogP contribution in [0.3, 0.4) is 0 Å². The Balaban J connectivity index is 2.20. The van der Waals surface area contributed by atoms with Crippen LogP contribution in [0.15, 0.2) is 29.2 Å². The molecule has 0 radical (unpaired) electrons. The number of aliphatic hydroxyl groups is 1. The molecule has 1 saturated carbocycles. The van der Waals surface area contributed by atoms with Crippen molar-refractivity contribution >= 4 is 10.0 Å². The van der Waals surface area contributed by atoms with Crippen LogP contribution in [0.5, 0.6) is 0 Å². The second kappa shape index (κ2) is 7.05. The van der Waals surface area contributed by atoms with Crippen molar-refractivity contribution in [2.24, 2.45) is 0 Å². The Hall–Kier alpha value is -1.39. The first-order valence-corrected chi connectivity index (χ1v) is 8.24. The highest BCUT2D eigenvalue weighted by atomic mass is 32.2. The van der Waals surface area contributed by atoms with Crippen LogP contribution in [0.1, 0.15) is 18.4 Å². The van der Waals surface area contributed by atoms with E-state index in [9.17, 15) is 8.42 Å². The number of methoxy groups -OCH3 is 1. The zero-order valence-corrected chi connectivity index (χ0v) is 12.8. The summed E-state index contributed by atoms with van der Waals surface area (Å²) in [5, 5.41) is 8.65. The summed E-state index contributed by atoms with van der Waals surface area (Å²) in [6, 6.07) is 6.50. The normalized spacial score (nSPS) is 14.8. The van der Waals surface area contributed by atoms with Crippen LogP contribution in [0.25, 0.3) is 0 Å². The summed E-state index contributed by atoms with van der Waals surface area (Å²) < 4.78 is 31.8. The van der Waals surface area contributed by atoms with E-state index in [1.54, 1.807) is 31.4 Å². The monoisotopic (exact) mass is 309 g/mol. The number of sulfonamides is 1. The number of nitrogens with zero attached hydrogens (tertiary/aromatic N) is 1. The van der Waals surface area contributed by atoms with Gasteiger partial charge in [-0.05, 0) is 37.1 Å². The topological polar surface area (TPSA) is 66.8 Å². The Kier molecular flexibility index (Phi) is 5.37. The van der Waals surface area contributed by atoms with E-state index in [4.69, 9.17) is 9.84 Å². The van der Waals surface area contributed by atoms with Crippen LogP contribution in [0.2, 0.25) is 0 Å². The fourth-order valence-corrected chi connectivity index (χ4v) is 3.70. The molecule has 1 fully saturated rings. The number of benzene rings is 1. The van der Waals surface area contributed by atoms with Gasteiger partial charge in [-0.15, -0.1) is 0 Å². The summed E-state index contributed by atoms with van der Waals surface area (Å²) in [5.74, 6) is 5.27. The standard InChI is InChI=1S/C15H19NO4S/c1-20-12-10-16(14-6-7-14)21(18,19)15-8-4-13(5-9-15)3-2-11-17/h4-5,8-9,14,17H,6-7,10-12H2,1H3. The predicted molar refractivity (Wildman–Crippen MR) is 79.2 cm³/mol. The largest absolute Gasteiger partial charge is 0.384 e. The van der Waals surface area contributed by atoms with Crippen LogP contribution in [0, 0.1) is 11.8 Å². The van der Waals surface area contributed by atoms with Crippen molar-refractivity contribution in [3.8, 4) is 11.8 Å². The van der Waals surface area contributed by atoms with E-state index in [2.05, 4.69) is 11.8 Å². The van der Waals surface area contributed by atoms with Crippen molar-refractivity contribution in [3.05, 3.63) is 29.8 Å². The first-order valence-electron chi connectivity index (χ1n) is 6.80. The molecule has 1 aliphatic carbocycles. The maximum absolute atomic E-state index is 12.6. The molecule has 0 saturated heterocycles. The van der Waals surface area contributed by atoms with Crippen molar-refractivity contribution in [1.82, 2.24) is 4.31 Å². The Morgan fingerprint density at radius 1 is 1.33 bits per heavy atom. The molecule has 0 aromatic heterocycles. The minimum Gasteiger partial charge on any atom is -0.384 e. The number of rotatable bonds is 6. The fraction of sp³-hybridized carbons (Fsp3) is 0.467. The van der Waals surface area contributed by atoms with Gasteiger partial charge in [0, 0.05) is 25.3 Å². The maximum Gasteiger partial charge on any atom is 0.243 e. The third-order valence-corrected chi connectivity index (χ3v) is 5.21. The molecule has 5 nitrogen and oxygen atoms in total. The molecular weight excluding hydrogens is 290 g/mol. The molecule has 1 aromatic rings. The lowest BCUT2D eigenvalue weighted by Crippen LogP contribution is -2.35. The van der Waals surface area contributed by atoms with Gasteiger partial charge in [-0.2, -0.15) is 4.31 Å². The van der Waals surface area contributed by atoms with Crippen molar-refractivity contribution in [2.45, 2.75) is 23.8 Å². The first-order chi connectivity index (χ1) is 10.1. The van der Waals surface area contributed by atoms with E-state index in [1.165, 1.54) is 4.31 Å². The van der Waals surface area contributed by atoms with Gasteiger partial charge < -0.3 is 9.84 Å². The molecule has 21 heavy (non-hydrogen) atoms. The van der Waals surface area contributed by atoms with Gasteiger partial charge in [-0.1, -0.05) is 11.8 Å². The summed E-state index contributed by atoms with van der Waals surface area (Å²) in [6.45, 7) is 0.540. The Bertz CT molecular complexity index is 624. The second-order valence-corrected chi connectivity index (χ2v) is 6.71. The molecule has 0 aliphatic heterocycles. The third kappa shape index (κ3) is 4.05. The average molecular weight is 309 g/mol. The van der Waals surface area contributed by atoms with Crippen LogP contribution in [-0.2, 0) is 14.8 Å². The van der Waals surface area contributed by atoms with Crippen LogP contribution in [-0.4, -0.2) is 50.7 Å². The maximum atomic E-state index is 12.6. The van der Waals surface area contributed by atoms with Crippen LogP contribution >= 0.6 is 0 Å². The van der Waals surface area contributed by atoms with Crippen molar-refractivity contribution < 1.29 is 18.3 Å². The molecule has 0 atom stereocenters. The van der Waals surface area contributed by atoms with Gasteiger partial charge in [0.1, 0.15) is 6.61 Å². The van der Waals surface area contributed by atoms with E-state index >= 15 is 0 Å². The number of hydrogen-bond donors (Lipinski definition) is 1. The van der Waals surface area contributed by atoms with E-state index in [0.29, 0.717) is 18.7 Å². The van der Waals surface area contributed by atoms with Crippen molar-refractivity contribution in [3.63, 3.8) is 0 Å². The Morgan fingerprint density at radius 3 is 2.52 bits per heavy atom. The number of aliphatic hydroxyl groups excluding tert-OH is 1. The van der Waals surface area contributed by atoms with Gasteiger partial charge >= 0.3 is 0 Å². The zero-order valence-electron chi connectivity index (χ0n) is 11.9. The summed E-state index contributed by atoms with van der Waals surface area (Å²) in [7, 11) is -1.93. The quantitative estimate of drug-likeness (QED) is 0.791. The van der Waals surface area contributed by atoms with Gasteiger partial charge in [-0.3, -0.25) is 0 Å². The van der Waals surface area contributed by atoms with Crippen molar-refractivity contribution in [1.29, 1.82) is 0 Å². The lowest BCUT2D eigenvalue weighted by molar-refractivity contribution is 0.177. The SMILES string of the molecule is COCCN(C1CC1)S(=O)(=O)c1ccc(C#CCO)cc1. The molecule has 0 amide bonds. The zero-order chi connectivity index (χ0) is 15.3. The molecule has 6 heteroatoms. The molecule has 0 bridgehead atoms. The molecular formula is C15H19NO4S. The highest BCUT2D eigenvalue weighted by Crippen LogP contribution is 2.31. The van der Waals surface area contributed by atoms with Crippen molar-refractivity contribution in [2.75, 3.05) is 26.9 Å². The van der Waals surface area contributed by atoms with E-state index in [-0.39, 0.29) is 17.5 Å². The van der Waals surface area contributed by atoms with Gasteiger partial charge in [0.25, 0.3) is 0 Å². The Labute approximate surface area is 125 Å².